The molecule has 0 aliphatic heterocycles. The molecule has 7 heteroatoms. The van der Waals surface area contributed by atoms with E-state index in [9.17, 15) is 13.8 Å². The average Bonchev–Trinajstić information content (AvgIpc) is 2.40. The Labute approximate surface area is 129 Å². The fourth-order valence-corrected chi connectivity index (χ4v) is 2.65. The van der Waals surface area contributed by atoms with Gasteiger partial charge in [-0.15, -0.1) is 0 Å². The number of carboxylic acids is 1. The highest BCUT2D eigenvalue weighted by Crippen LogP contribution is 2.16. The Morgan fingerprint density at radius 3 is 2.38 bits per heavy atom. The molecule has 0 aromatic rings. The number of nitrogens with one attached hydrogen (secondary N) is 2. The van der Waals surface area contributed by atoms with Crippen molar-refractivity contribution in [3.63, 3.8) is 0 Å². The van der Waals surface area contributed by atoms with Gasteiger partial charge in [0.1, 0.15) is 0 Å². The minimum absolute atomic E-state index is 0.186. The first-order valence-corrected chi connectivity index (χ1v) is 9.22. The van der Waals surface area contributed by atoms with E-state index in [1.54, 1.807) is 6.26 Å². The predicted molar refractivity (Wildman–Crippen MR) is 84.8 cm³/mol. The van der Waals surface area contributed by atoms with Crippen LogP contribution in [0, 0.1) is 5.92 Å². The van der Waals surface area contributed by atoms with Crippen LogP contribution in [0.3, 0.4) is 0 Å². The summed E-state index contributed by atoms with van der Waals surface area (Å²) in [6.45, 7) is 3.14. The summed E-state index contributed by atoms with van der Waals surface area (Å²) in [4.78, 5) is 22.1. The lowest BCUT2D eigenvalue weighted by Gasteiger charge is -2.15. The van der Waals surface area contributed by atoms with Crippen LogP contribution in [0.2, 0.25) is 0 Å². The lowest BCUT2D eigenvalue weighted by atomic mass is 9.94. The molecule has 0 rings (SSSR count). The lowest BCUT2D eigenvalue weighted by Crippen LogP contribution is -2.37. The Balaban J connectivity index is 3.73. The highest BCUT2D eigenvalue weighted by molar-refractivity contribution is 7.84. The van der Waals surface area contributed by atoms with Crippen LogP contribution < -0.4 is 10.6 Å². The van der Waals surface area contributed by atoms with Gasteiger partial charge in [0.2, 0.25) is 0 Å². The van der Waals surface area contributed by atoms with Crippen molar-refractivity contribution in [2.24, 2.45) is 5.92 Å². The summed E-state index contributed by atoms with van der Waals surface area (Å²) in [5.74, 6) is 0.164. The van der Waals surface area contributed by atoms with Crippen LogP contribution in [0.1, 0.15) is 45.4 Å². The zero-order chi connectivity index (χ0) is 16.1. The smallest absolute Gasteiger partial charge is 0.314 e. The second-order valence-corrected chi connectivity index (χ2v) is 6.74. The molecule has 0 spiro atoms. The maximum Gasteiger partial charge on any atom is 0.314 e. The third-order valence-electron chi connectivity index (χ3n) is 3.20. The van der Waals surface area contributed by atoms with Crippen molar-refractivity contribution in [2.45, 2.75) is 45.4 Å². The summed E-state index contributed by atoms with van der Waals surface area (Å²) in [6.07, 6.45) is 6.00. The number of carboxylic acid groups (broad SMARTS) is 1. The van der Waals surface area contributed by atoms with Crippen LogP contribution in [-0.4, -0.2) is 46.4 Å². The Bertz CT molecular complexity index is 337. The first kappa shape index (κ1) is 19.9. The Hall–Kier alpha value is -1.11. The normalized spacial score (nSPS) is 13.4. The maximum absolute atomic E-state index is 11.5. The van der Waals surface area contributed by atoms with Crippen LogP contribution in [0.5, 0.6) is 0 Å². The van der Waals surface area contributed by atoms with E-state index in [4.69, 9.17) is 5.11 Å². The molecule has 0 fully saturated rings. The lowest BCUT2D eigenvalue weighted by molar-refractivity contribution is -0.137. The van der Waals surface area contributed by atoms with E-state index in [-0.39, 0.29) is 12.5 Å². The zero-order valence-electron chi connectivity index (χ0n) is 13.0. The molecule has 0 aliphatic carbocycles. The van der Waals surface area contributed by atoms with Crippen molar-refractivity contribution in [3.05, 3.63) is 0 Å². The molecule has 3 N–H and O–H groups in total. The minimum atomic E-state index is -0.820. The zero-order valence-corrected chi connectivity index (χ0v) is 13.8. The van der Waals surface area contributed by atoms with Crippen molar-refractivity contribution < 1.29 is 18.9 Å². The van der Waals surface area contributed by atoms with Crippen molar-refractivity contribution in [1.82, 2.24) is 10.6 Å². The summed E-state index contributed by atoms with van der Waals surface area (Å²) in [5.41, 5.74) is 0. The van der Waals surface area contributed by atoms with Crippen LogP contribution >= 0.6 is 0 Å². The standard InChI is InChI=1S/C14H28N2O4S/c1-3-5-12(6-7-13(17)18)8-10-16-14(19)15-9-4-11-21(2)20/h12H,3-11H2,1-2H3,(H,17,18)(H2,15,16,19). The highest BCUT2D eigenvalue weighted by atomic mass is 32.2. The minimum Gasteiger partial charge on any atom is -0.481 e. The number of amides is 2. The van der Waals surface area contributed by atoms with Crippen LogP contribution in [-0.2, 0) is 15.6 Å². The van der Waals surface area contributed by atoms with E-state index < -0.39 is 16.8 Å². The molecule has 0 aromatic carbocycles. The average molecular weight is 320 g/mol. The predicted octanol–water partition coefficient (Wildman–Crippen LogP) is 1.73. The fraction of sp³-hybridized carbons (Fsp3) is 0.857. The first-order chi connectivity index (χ1) is 9.95. The number of carbonyl (C=O) groups excluding carboxylic acids is 1. The third kappa shape index (κ3) is 13.6. The van der Waals surface area contributed by atoms with E-state index in [2.05, 4.69) is 17.6 Å². The van der Waals surface area contributed by atoms with E-state index in [1.807, 2.05) is 0 Å². The molecule has 0 aliphatic rings. The van der Waals surface area contributed by atoms with Gasteiger partial charge in [0.15, 0.2) is 0 Å². The van der Waals surface area contributed by atoms with Crippen LogP contribution in [0.4, 0.5) is 4.79 Å². The Morgan fingerprint density at radius 1 is 1.14 bits per heavy atom. The van der Waals surface area contributed by atoms with Gasteiger partial charge in [0, 0.05) is 42.3 Å². The Morgan fingerprint density at radius 2 is 1.81 bits per heavy atom. The molecule has 2 amide bonds. The molecule has 21 heavy (non-hydrogen) atoms. The highest BCUT2D eigenvalue weighted by Gasteiger charge is 2.10. The van der Waals surface area contributed by atoms with Gasteiger partial charge in [-0.1, -0.05) is 19.8 Å². The molecule has 0 heterocycles. The van der Waals surface area contributed by atoms with E-state index in [0.29, 0.717) is 37.6 Å². The van der Waals surface area contributed by atoms with Crippen molar-refractivity contribution in [3.8, 4) is 0 Å². The van der Waals surface area contributed by atoms with Gasteiger partial charge in [0.25, 0.3) is 0 Å². The van der Waals surface area contributed by atoms with Crippen molar-refractivity contribution in [1.29, 1.82) is 0 Å². The number of aliphatic carboxylic acids is 1. The molecule has 0 aromatic heterocycles. The van der Waals surface area contributed by atoms with Crippen LogP contribution in [0.25, 0.3) is 0 Å². The second-order valence-electron chi connectivity index (χ2n) is 5.19. The van der Waals surface area contributed by atoms with Gasteiger partial charge in [-0.2, -0.15) is 0 Å². The number of hydrogen-bond donors (Lipinski definition) is 3. The van der Waals surface area contributed by atoms with E-state index >= 15 is 0 Å². The fourth-order valence-electron chi connectivity index (χ4n) is 2.10. The SMILES string of the molecule is CCCC(CCNC(=O)NCCCS(C)=O)CCC(=O)O. The monoisotopic (exact) mass is 320 g/mol. The second kappa shape index (κ2) is 12.6. The van der Waals surface area contributed by atoms with Gasteiger partial charge in [-0.05, 0) is 25.2 Å². The molecular weight excluding hydrogens is 292 g/mol. The van der Waals surface area contributed by atoms with Gasteiger partial charge in [-0.25, -0.2) is 4.79 Å². The van der Waals surface area contributed by atoms with Gasteiger partial charge in [-0.3, -0.25) is 9.00 Å². The van der Waals surface area contributed by atoms with Gasteiger partial charge >= 0.3 is 12.0 Å². The van der Waals surface area contributed by atoms with Crippen molar-refractivity contribution in [2.75, 3.05) is 25.1 Å². The number of hydrogen-bond acceptors (Lipinski definition) is 3. The molecule has 2 unspecified atom stereocenters. The van der Waals surface area contributed by atoms with E-state index in [1.165, 1.54) is 0 Å². The summed E-state index contributed by atoms with van der Waals surface area (Å²) < 4.78 is 10.8. The van der Waals surface area contributed by atoms with E-state index in [0.717, 1.165) is 19.3 Å². The Kier molecular flexibility index (Phi) is 12.0. The third-order valence-corrected chi connectivity index (χ3v) is 4.06. The van der Waals surface area contributed by atoms with Gasteiger partial charge < -0.3 is 15.7 Å². The molecule has 0 saturated heterocycles. The maximum atomic E-state index is 11.5. The van der Waals surface area contributed by atoms with Crippen molar-refractivity contribution >= 4 is 22.8 Å². The molecule has 0 saturated carbocycles. The molecule has 0 bridgehead atoms. The number of rotatable bonds is 12. The van der Waals surface area contributed by atoms with Crippen LogP contribution in [0.15, 0.2) is 0 Å². The molecule has 6 nitrogen and oxygen atoms in total. The first-order valence-electron chi connectivity index (χ1n) is 7.49. The summed E-state index contributed by atoms with van der Waals surface area (Å²) in [5, 5.41) is 14.2. The van der Waals surface area contributed by atoms with Gasteiger partial charge in [0.05, 0.1) is 0 Å². The largest absolute Gasteiger partial charge is 0.481 e. The summed E-state index contributed by atoms with van der Waals surface area (Å²) in [7, 11) is -0.820. The number of carbonyl (C=O) groups is 2. The number of urea groups is 1. The quantitative estimate of drug-likeness (QED) is 0.477. The molecule has 124 valence electrons. The molecule has 0 radical (unpaired) electrons. The topological polar surface area (TPSA) is 95.5 Å². The molecular formula is C14H28N2O4S. The summed E-state index contributed by atoms with van der Waals surface area (Å²) in [6, 6.07) is -0.217. The summed E-state index contributed by atoms with van der Waals surface area (Å²) >= 11 is 0. The molecule has 2 atom stereocenters.